The van der Waals surface area contributed by atoms with Gasteiger partial charge in [0.25, 0.3) is 0 Å². The molecule has 0 saturated heterocycles. The maximum Gasteiger partial charge on any atom is 0.314 e. The highest BCUT2D eigenvalue weighted by Crippen LogP contribution is 2.50. The lowest BCUT2D eigenvalue weighted by molar-refractivity contribution is -0.144. The topological polar surface area (TPSA) is 35.5 Å². The fourth-order valence-electron chi connectivity index (χ4n) is 6.61. The van der Waals surface area contributed by atoms with Crippen molar-refractivity contribution in [1.82, 2.24) is 0 Å². The number of fused-ring (bicyclic) bond motifs is 1. The number of esters is 1. The third-order valence-corrected chi connectivity index (χ3v) is 8.39. The van der Waals surface area contributed by atoms with Gasteiger partial charge in [0.15, 0.2) is 11.5 Å². The van der Waals surface area contributed by atoms with E-state index < -0.39 is 17.6 Å². The molecule has 3 nitrogen and oxygen atoms in total. The summed E-state index contributed by atoms with van der Waals surface area (Å²) < 4.78 is 39.3. The highest BCUT2D eigenvalue weighted by Gasteiger charge is 2.43. The summed E-state index contributed by atoms with van der Waals surface area (Å²) in [5.74, 6) is -0.518. The van der Waals surface area contributed by atoms with Crippen molar-refractivity contribution < 1.29 is 23.0 Å². The minimum absolute atomic E-state index is 0.0668. The monoisotopic (exact) mass is 458 g/mol. The Balaban J connectivity index is 1.37. The van der Waals surface area contributed by atoms with Crippen LogP contribution in [0.3, 0.4) is 0 Å². The molecular formula is C28H36F2O3. The largest absolute Gasteiger partial charge is 0.486 e. The molecule has 33 heavy (non-hydrogen) atoms. The van der Waals surface area contributed by atoms with E-state index in [1.807, 2.05) is 0 Å². The molecule has 180 valence electrons. The number of ether oxygens (including phenoxy) is 2. The number of allylic oxidation sites excluding steroid dienone is 1. The lowest BCUT2D eigenvalue weighted by Crippen LogP contribution is -2.40. The lowest BCUT2D eigenvalue weighted by atomic mass is 9.59. The van der Waals surface area contributed by atoms with Gasteiger partial charge in [-0.05, 0) is 93.1 Å². The van der Waals surface area contributed by atoms with Crippen molar-refractivity contribution in [1.29, 1.82) is 0 Å². The van der Waals surface area contributed by atoms with E-state index in [0.29, 0.717) is 11.8 Å². The van der Waals surface area contributed by atoms with Gasteiger partial charge >= 0.3 is 5.97 Å². The molecule has 0 radical (unpaired) electrons. The third-order valence-electron chi connectivity index (χ3n) is 8.39. The first-order valence-corrected chi connectivity index (χ1v) is 12.6. The van der Waals surface area contributed by atoms with Crippen LogP contribution in [0, 0.1) is 47.1 Å². The van der Waals surface area contributed by atoms with Crippen LogP contribution in [0.15, 0.2) is 37.4 Å². The Kier molecular flexibility index (Phi) is 7.87. The van der Waals surface area contributed by atoms with Gasteiger partial charge in [-0.1, -0.05) is 31.6 Å². The number of halogens is 2. The van der Waals surface area contributed by atoms with E-state index in [-0.39, 0.29) is 29.9 Å². The lowest BCUT2D eigenvalue weighted by Gasteiger charge is -2.45. The van der Waals surface area contributed by atoms with Crippen molar-refractivity contribution in [2.45, 2.75) is 64.2 Å². The van der Waals surface area contributed by atoms with Crippen molar-refractivity contribution >= 4 is 5.97 Å². The molecule has 4 unspecified atom stereocenters. The SMILES string of the molecule is C=CCOc1ccc(OC(=O)C2CCCC3CC(C4CCC(C=C)CC4)CCC32)c(F)c1F. The quantitative estimate of drug-likeness (QED) is 0.245. The number of carbonyl (C=O) groups excluding carboxylic acids is 1. The van der Waals surface area contributed by atoms with Crippen LogP contribution >= 0.6 is 0 Å². The molecule has 0 aromatic heterocycles. The molecule has 1 aromatic carbocycles. The number of hydrogen-bond donors (Lipinski definition) is 0. The zero-order chi connectivity index (χ0) is 23.4. The van der Waals surface area contributed by atoms with Crippen LogP contribution in [0.4, 0.5) is 8.78 Å². The van der Waals surface area contributed by atoms with Crippen LogP contribution in [0.1, 0.15) is 64.2 Å². The van der Waals surface area contributed by atoms with Crippen LogP contribution in [0.5, 0.6) is 11.5 Å². The van der Waals surface area contributed by atoms with Crippen LogP contribution in [0.2, 0.25) is 0 Å². The van der Waals surface area contributed by atoms with E-state index in [1.54, 1.807) is 0 Å². The predicted molar refractivity (Wildman–Crippen MR) is 125 cm³/mol. The van der Waals surface area contributed by atoms with E-state index >= 15 is 0 Å². The minimum Gasteiger partial charge on any atom is -0.486 e. The summed E-state index contributed by atoms with van der Waals surface area (Å²) >= 11 is 0. The maximum absolute atomic E-state index is 14.5. The summed E-state index contributed by atoms with van der Waals surface area (Å²) in [4.78, 5) is 13.0. The van der Waals surface area contributed by atoms with Gasteiger partial charge in [0.2, 0.25) is 11.6 Å². The second-order valence-electron chi connectivity index (χ2n) is 10.2. The first-order chi connectivity index (χ1) is 16.0. The van der Waals surface area contributed by atoms with Crippen LogP contribution in [0.25, 0.3) is 0 Å². The zero-order valence-corrected chi connectivity index (χ0v) is 19.4. The molecule has 3 aliphatic rings. The molecule has 1 aromatic rings. The standard InChI is InChI=1S/C28H36F2O3/c1-3-16-32-24-14-15-25(27(30)26(24)29)33-28(31)23-7-5-6-21-17-20(12-13-22(21)23)19-10-8-18(4-2)9-11-19/h3-4,14-15,18-23H,1-2,5-13,16-17H2. The van der Waals surface area contributed by atoms with Gasteiger partial charge in [-0.15, -0.1) is 6.58 Å². The minimum atomic E-state index is -1.18. The van der Waals surface area contributed by atoms with Crippen molar-refractivity contribution in [2.75, 3.05) is 6.61 Å². The fourth-order valence-corrected chi connectivity index (χ4v) is 6.61. The third kappa shape index (κ3) is 5.33. The second-order valence-corrected chi connectivity index (χ2v) is 10.2. The van der Waals surface area contributed by atoms with E-state index in [0.717, 1.165) is 43.9 Å². The molecular weight excluding hydrogens is 422 g/mol. The van der Waals surface area contributed by atoms with E-state index in [2.05, 4.69) is 19.2 Å². The van der Waals surface area contributed by atoms with Crippen molar-refractivity contribution in [3.63, 3.8) is 0 Å². The summed E-state index contributed by atoms with van der Waals surface area (Å²) in [7, 11) is 0. The number of hydrogen-bond acceptors (Lipinski definition) is 3. The van der Waals surface area contributed by atoms with Gasteiger partial charge in [0.05, 0.1) is 5.92 Å². The van der Waals surface area contributed by atoms with Gasteiger partial charge < -0.3 is 9.47 Å². The molecule has 3 saturated carbocycles. The average molecular weight is 459 g/mol. The Morgan fingerprint density at radius 1 is 0.909 bits per heavy atom. The average Bonchev–Trinajstić information content (AvgIpc) is 2.85. The summed E-state index contributed by atoms with van der Waals surface area (Å²) in [6.45, 7) is 7.52. The van der Waals surface area contributed by atoms with Crippen LogP contribution < -0.4 is 9.47 Å². The Labute approximate surface area is 196 Å². The summed E-state index contributed by atoms with van der Waals surface area (Å²) in [6, 6.07) is 2.56. The zero-order valence-electron chi connectivity index (χ0n) is 19.4. The van der Waals surface area contributed by atoms with E-state index in [4.69, 9.17) is 9.47 Å². The van der Waals surface area contributed by atoms with Crippen molar-refractivity contribution in [2.24, 2.45) is 35.5 Å². The Hall–Kier alpha value is -2.17. The molecule has 0 spiro atoms. The molecule has 0 bridgehead atoms. The van der Waals surface area contributed by atoms with Crippen molar-refractivity contribution in [3.05, 3.63) is 49.1 Å². The van der Waals surface area contributed by atoms with Gasteiger partial charge in [-0.25, -0.2) is 0 Å². The van der Waals surface area contributed by atoms with Gasteiger partial charge in [-0.2, -0.15) is 8.78 Å². The number of carbonyl (C=O) groups is 1. The van der Waals surface area contributed by atoms with Gasteiger partial charge in [0.1, 0.15) is 6.61 Å². The van der Waals surface area contributed by atoms with Crippen molar-refractivity contribution in [3.8, 4) is 11.5 Å². The van der Waals surface area contributed by atoms with Gasteiger partial charge in [-0.3, -0.25) is 4.79 Å². The smallest absolute Gasteiger partial charge is 0.314 e. The maximum atomic E-state index is 14.5. The summed E-state index contributed by atoms with van der Waals surface area (Å²) in [5, 5.41) is 0. The molecule has 0 aliphatic heterocycles. The summed E-state index contributed by atoms with van der Waals surface area (Å²) in [5.41, 5.74) is 0. The molecule has 4 rings (SSSR count). The number of rotatable bonds is 7. The molecule has 3 aliphatic carbocycles. The molecule has 0 N–H and O–H groups in total. The first-order valence-electron chi connectivity index (χ1n) is 12.6. The van der Waals surface area contributed by atoms with E-state index in [1.165, 1.54) is 50.3 Å². The predicted octanol–water partition coefficient (Wildman–Crippen LogP) is 7.26. The summed E-state index contributed by atoms with van der Waals surface area (Å²) in [6.07, 6.45) is 15.0. The molecule has 5 heteroatoms. The molecule has 4 atom stereocenters. The van der Waals surface area contributed by atoms with Gasteiger partial charge in [0, 0.05) is 0 Å². The highest BCUT2D eigenvalue weighted by atomic mass is 19.2. The van der Waals surface area contributed by atoms with Crippen LogP contribution in [-0.2, 0) is 4.79 Å². The molecule has 3 fully saturated rings. The Morgan fingerprint density at radius 3 is 2.33 bits per heavy atom. The Morgan fingerprint density at radius 2 is 1.61 bits per heavy atom. The first kappa shape index (κ1) is 24.0. The van der Waals surface area contributed by atoms with E-state index in [9.17, 15) is 13.6 Å². The fraction of sp³-hybridized carbons (Fsp3) is 0.607. The normalized spacial score (nSPS) is 31.8. The van der Waals surface area contributed by atoms with Crippen LogP contribution in [-0.4, -0.2) is 12.6 Å². The molecule has 0 amide bonds. The number of benzene rings is 1. The Bertz CT molecular complexity index is 859. The second kappa shape index (κ2) is 10.8. The molecule has 0 heterocycles. The highest BCUT2D eigenvalue weighted by molar-refractivity contribution is 5.75.